The van der Waals surface area contributed by atoms with Gasteiger partial charge in [-0.05, 0) is 55.8 Å². The Hall–Kier alpha value is -2.34. The lowest BCUT2D eigenvalue weighted by Gasteiger charge is -2.24. The minimum Gasteiger partial charge on any atom is -0.494 e. The normalized spacial score (nSPS) is 11.1. The number of fused-ring (bicyclic) bond motifs is 1. The molecule has 1 aromatic carbocycles. The van der Waals surface area contributed by atoms with E-state index in [0.29, 0.717) is 37.5 Å². The average molecular weight is 472 g/mol. The second-order valence-electron chi connectivity index (χ2n) is 9.17. The van der Waals surface area contributed by atoms with Crippen LogP contribution in [0.25, 0.3) is 10.9 Å². The highest BCUT2D eigenvalue weighted by Crippen LogP contribution is 2.21. The van der Waals surface area contributed by atoms with E-state index in [1.807, 2.05) is 23.1 Å². The number of rotatable bonds is 17. The maximum atomic E-state index is 13.7. The zero-order valence-corrected chi connectivity index (χ0v) is 21.4. The SMILES string of the molecule is CCCCCCCN(CCCCCCC)C(=O)n1c(=O)ccc2ccc(OCCCCN)cc21. The van der Waals surface area contributed by atoms with Crippen molar-refractivity contribution in [3.63, 3.8) is 0 Å². The van der Waals surface area contributed by atoms with Crippen LogP contribution in [0.3, 0.4) is 0 Å². The number of carbonyl (C=O) groups excluding carboxylic acids is 1. The average Bonchev–Trinajstić information content (AvgIpc) is 2.84. The molecule has 0 saturated heterocycles. The van der Waals surface area contributed by atoms with Gasteiger partial charge < -0.3 is 15.4 Å². The van der Waals surface area contributed by atoms with Crippen molar-refractivity contribution in [2.24, 2.45) is 5.73 Å². The van der Waals surface area contributed by atoms with Crippen LogP contribution in [0, 0.1) is 0 Å². The third-order valence-electron chi connectivity index (χ3n) is 6.26. The van der Waals surface area contributed by atoms with Gasteiger partial charge in [0.2, 0.25) is 0 Å². The molecule has 2 aromatic rings. The van der Waals surface area contributed by atoms with Crippen molar-refractivity contribution >= 4 is 16.9 Å². The fourth-order valence-corrected chi connectivity index (χ4v) is 4.19. The predicted octanol–water partition coefficient (Wildman–Crippen LogP) is 6.33. The van der Waals surface area contributed by atoms with Gasteiger partial charge in [0.15, 0.2) is 0 Å². The molecule has 6 heteroatoms. The molecule has 0 bridgehead atoms. The number of unbranched alkanes of at least 4 members (excludes halogenated alkanes) is 9. The number of aromatic nitrogens is 1. The van der Waals surface area contributed by atoms with Gasteiger partial charge in [0, 0.05) is 25.2 Å². The summed E-state index contributed by atoms with van der Waals surface area (Å²) in [4.78, 5) is 28.4. The van der Waals surface area contributed by atoms with Crippen LogP contribution in [-0.2, 0) is 0 Å². The number of pyridine rings is 1. The van der Waals surface area contributed by atoms with E-state index in [2.05, 4.69) is 13.8 Å². The molecule has 34 heavy (non-hydrogen) atoms. The Morgan fingerprint density at radius 3 is 2.09 bits per heavy atom. The summed E-state index contributed by atoms with van der Waals surface area (Å²) in [6.45, 7) is 6.99. The Labute approximate surface area is 205 Å². The summed E-state index contributed by atoms with van der Waals surface area (Å²) in [5, 5.41) is 0.855. The molecule has 0 saturated carbocycles. The van der Waals surface area contributed by atoms with E-state index in [-0.39, 0.29) is 11.6 Å². The summed E-state index contributed by atoms with van der Waals surface area (Å²) in [7, 11) is 0. The Balaban J connectivity index is 2.21. The van der Waals surface area contributed by atoms with Gasteiger partial charge in [0.1, 0.15) is 5.75 Å². The number of amides is 1. The molecule has 0 spiro atoms. The summed E-state index contributed by atoms with van der Waals surface area (Å²) in [6.07, 6.45) is 13.2. The number of ether oxygens (including phenoxy) is 1. The Morgan fingerprint density at radius 1 is 0.853 bits per heavy atom. The number of carbonyl (C=O) groups is 1. The highest BCUT2D eigenvalue weighted by molar-refractivity contribution is 5.91. The summed E-state index contributed by atoms with van der Waals surface area (Å²) in [5.41, 5.74) is 5.88. The van der Waals surface area contributed by atoms with E-state index in [4.69, 9.17) is 10.5 Å². The highest BCUT2D eigenvalue weighted by Gasteiger charge is 2.19. The third-order valence-corrected chi connectivity index (χ3v) is 6.26. The Morgan fingerprint density at radius 2 is 1.47 bits per heavy atom. The molecule has 0 atom stereocenters. The molecular formula is C28H45N3O3. The first-order chi connectivity index (χ1) is 16.6. The van der Waals surface area contributed by atoms with Crippen molar-refractivity contribution < 1.29 is 9.53 Å². The van der Waals surface area contributed by atoms with Crippen molar-refractivity contribution in [2.45, 2.75) is 90.9 Å². The molecule has 0 radical (unpaired) electrons. The molecule has 1 heterocycles. The van der Waals surface area contributed by atoms with Crippen LogP contribution >= 0.6 is 0 Å². The zero-order valence-electron chi connectivity index (χ0n) is 21.4. The van der Waals surface area contributed by atoms with E-state index in [1.165, 1.54) is 49.2 Å². The van der Waals surface area contributed by atoms with E-state index in [9.17, 15) is 9.59 Å². The topological polar surface area (TPSA) is 77.6 Å². The zero-order chi connectivity index (χ0) is 24.6. The molecule has 6 nitrogen and oxygen atoms in total. The predicted molar refractivity (Wildman–Crippen MR) is 142 cm³/mol. The number of nitrogens with zero attached hydrogens (tertiary/aromatic N) is 2. The van der Waals surface area contributed by atoms with Crippen LogP contribution in [0.5, 0.6) is 5.75 Å². The molecule has 0 aliphatic rings. The smallest absolute Gasteiger partial charge is 0.331 e. The number of nitrogens with two attached hydrogens (primary N) is 1. The van der Waals surface area contributed by atoms with Crippen LogP contribution < -0.4 is 16.0 Å². The molecule has 0 fully saturated rings. The number of benzene rings is 1. The minimum absolute atomic E-state index is 0.220. The van der Waals surface area contributed by atoms with Crippen LogP contribution in [0.4, 0.5) is 4.79 Å². The first-order valence-electron chi connectivity index (χ1n) is 13.4. The van der Waals surface area contributed by atoms with Crippen LogP contribution in [0.1, 0.15) is 90.9 Å². The van der Waals surface area contributed by atoms with Crippen LogP contribution in [-0.4, -0.2) is 41.7 Å². The molecule has 2 N–H and O–H groups in total. The summed E-state index contributed by atoms with van der Waals surface area (Å²) in [5.74, 6) is 0.669. The summed E-state index contributed by atoms with van der Waals surface area (Å²) >= 11 is 0. The lowest BCUT2D eigenvalue weighted by atomic mass is 10.1. The molecule has 0 unspecified atom stereocenters. The first kappa shape index (κ1) is 27.9. The van der Waals surface area contributed by atoms with Crippen molar-refractivity contribution in [1.29, 1.82) is 0 Å². The maximum Gasteiger partial charge on any atom is 0.331 e. The highest BCUT2D eigenvalue weighted by atomic mass is 16.5. The van der Waals surface area contributed by atoms with E-state index < -0.39 is 0 Å². The molecular weight excluding hydrogens is 426 g/mol. The molecule has 0 aliphatic heterocycles. The van der Waals surface area contributed by atoms with Gasteiger partial charge in [0.25, 0.3) is 5.56 Å². The van der Waals surface area contributed by atoms with Gasteiger partial charge in [-0.15, -0.1) is 0 Å². The van der Waals surface area contributed by atoms with Crippen molar-refractivity contribution in [1.82, 2.24) is 9.47 Å². The third kappa shape index (κ3) is 9.13. The van der Waals surface area contributed by atoms with Gasteiger partial charge in [0.05, 0.1) is 12.1 Å². The summed E-state index contributed by atoms with van der Waals surface area (Å²) in [6, 6.07) is 8.67. The fourth-order valence-electron chi connectivity index (χ4n) is 4.19. The van der Waals surface area contributed by atoms with Gasteiger partial charge in [-0.2, -0.15) is 0 Å². The first-order valence-corrected chi connectivity index (χ1v) is 13.4. The lowest BCUT2D eigenvalue weighted by Crippen LogP contribution is -2.41. The monoisotopic (exact) mass is 471 g/mol. The van der Waals surface area contributed by atoms with Crippen LogP contribution in [0.15, 0.2) is 35.1 Å². The number of hydrogen-bond donors (Lipinski definition) is 1. The van der Waals surface area contributed by atoms with Crippen molar-refractivity contribution in [3.8, 4) is 5.75 Å². The summed E-state index contributed by atoms with van der Waals surface area (Å²) < 4.78 is 7.19. The molecule has 190 valence electrons. The second kappa shape index (κ2) is 16.3. The minimum atomic E-state index is -0.292. The van der Waals surface area contributed by atoms with Crippen LogP contribution in [0.2, 0.25) is 0 Å². The molecule has 1 amide bonds. The molecule has 1 aromatic heterocycles. The quantitative estimate of drug-likeness (QED) is 0.273. The standard InChI is InChI=1S/C28H45N3O3/c1-3-5-7-9-12-20-30(21-13-10-8-6-4-2)28(33)31-26-23-25(34-22-14-11-19-29)17-15-24(26)16-18-27(31)32/h15-18,23H,3-14,19-22,29H2,1-2H3. The second-order valence-corrected chi connectivity index (χ2v) is 9.17. The lowest BCUT2D eigenvalue weighted by molar-refractivity contribution is 0.197. The van der Waals surface area contributed by atoms with Gasteiger partial charge in [-0.25, -0.2) is 9.36 Å². The van der Waals surface area contributed by atoms with Gasteiger partial charge in [-0.1, -0.05) is 65.2 Å². The molecule has 2 rings (SSSR count). The largest absolute Gasteiger partial charge is 0.494 e. The fraction of sp³-hybridized carbons (Fsp3) is 0.643. The van der Waals surface area contributed by atoms with Gasteiger partial charge >= 0.3 is 6.03 Å². The maximum absolute atomic E-state index is 13.7. The van der Waals surface area contributed by atoms with Crippen molar-refractivity contribution in [2.75, 3.05) is 26.2 Å². The van der Waals surface area contributed by atoms with Crippen molar-refractivity contribution in [3.05, 3.63) is 40.7 Å². The Bertz CT molecular complexity index is 895. The van der Waals surface area contributed by atoms with E-state index in [1.54, 1.807) is 6.07 Å². The van der Waals surface area contributed by atoms with E-state index >= 15 is 0 Å². The molecule has 0 aliphatic carbocycles. The van der Waals surface area contributed by atoms with Gasteiger partial charge in [-0.3, -0.25) is 4.79 Å². The van der Waals surface area contributed by atoms with E-state index in [0.717, 1.165) is 43.9 Å². The number of hydrogen-bond acceptors (Lipinski definition) is 4. The Kier molecular flexibility index (Phi) is 13.4.